The van der Waals surface area contributed by atoms with E-state index in [2.05, 4.69) is 15.9 Å². The summed E-state index contributed by atoms with van der Waals surface area (Å²) in [6.45, 7) is 4.22. The summed E-state index contributed by atoms with van der Waals surface area (Å²) in [5.41, 5.74) is 0.838. The molecule has 16 heavy (non-hydrogen) atoms. The molecule has 1 aromatic carbocycles. The largest absolute Gasteiger partial charge is 0.366 e. The van der Waals surface area contributed by atoms with E-state index in [1.165, 1.54) is 0 Å². The third kappa shape index (κ3) is 3.30. The lowest BCUT2D eigenvalue weighted by atomic mass is 10.0. The van der Waals surface area contributed by atoms with Gasteiger partial charge in [-0.15, -0.1) is 0 Å². The number of ketones is 1. The average molecular weight is 306 g/mol. The van der Waals surface area contributed by atoms with Gasteiger partial charge in [-0.1, -0.05) is 24.6 Å². The molecule has 0 bridgehead atoms. The molecule has 0 heterocycles. The van der Waals surface area contributed by atoms with Gasteiger partial charge in [0.1, 0.15) is 6.10 Å². The highest BCUT2D eigenvalue weighted by molar-refractivity contribution is 9.10. The van der Waals surface area contributed by atoms with E-state index < -0.39 is 6.10 Å². The lowest BCUT2D eigenvalue weighted by molar-refractivity contribution is -0.130. The molecule has 88 valence electrons. The molecule has 0 fully saturated rings. The minimum Gasteiger partial charge on any atom is -0.366 e. The van der Waals surface area contributed by atoms with E-state index in [0.717, 1.165) is 10.0 Å². The molecule has 0 radical (unpaired) electrons. The molecule has 1 aromatic rings. The van der Waals surface area contributed by atoms with Crippen molar-refractivity contribution >= 4 is 33.3 Å². The first kappa shape index (κ1) is 13.7. The Morgan fingerprint density at radius 3 is 2.69 bits per heavy atom. The van der Waals surface area contributed by atoms with Crippen LogP contribution in [0, 0.1) is 0 Å². The zero-order valence-corrected chi connectivity index (χ0v) is 11.6. The van der Waals surface area contributed by atoms with Crippen LogP contribution < -0.4 is 0 Å². The van der Waals surface area contributed by atoms with Crippen LogP contribution in [0.4, 0.5) is 0 Å². The number of benzene rings is 1. The van der Waals surface area contributed by atoms with Gasteiger partial charge in [0.15, 0.2) is 5.78 Å². The highest BCUT2D eigenvalue weighted by Gasteiger charge is 2.19. The van der Waals surface area contributed by atoms with Crippen LogP contribution in [-0.2, 0) is 9.53 Å². The summed E-state index contributed by atoms with van der Waals surface area (Å²) in [6.07, 6.45) is -0.0196. The molecule has 0 spiro atoms. The average Bonchev–Trinajstić information content (AvgIpc) is 2.29. The van der Waals surface area contributed by atoms with E-state index in [0.29, 0.717) is 18.1 Å². The lowest BCUT2D eigenvalue weighted by Gasteiger charge is -2.16. The second-order valence-electron chi connectivity index (χ2n) is 3.33. The molecule has 0 aliphatic carbocycles. The summed E-state index contributed by atoms with van der Waals surface area (Å²) in [5, 5.41) is 0.628. The fourth-order valence-electron chi connectivity index (χ4n) is 1.40. The van der Waals surface area contributed by atoms with E-state index in [1.54, 1.807) is 6.07 Å². The topological polar surface area (TPSA) is 26.3 Å². The summed E-state index contributed by atoms with van der Waals surface area (Å²) in [6, 6.07) is 5.41. The number of hydrogen-bond acceptors (Lipinski definition) is 2. The van der Waals surface area contributed by atoms with Crippen molar-refractivity contribution in [1.82, 2.24) is 0 Å². The maximum Gasteiger partial charge on any atom is 0.165 e. The molecular formula is C12H14BrClO2. The van der Waals surface area contributed by atoms with E-state index in [9.17, 15) is 4.79 Å². The molecule has 1 atom stereocenters. The molecule has 0 amide bonds. The van der Waals surface area contributed by atoms with Gasteiger partial charge in [-0.3, -0.25) is 4.79 Å². The van der Waals surface area contributed by atoms with Crippen molar-refractivity contribution in [3.05, 3.63) is 33.3 Å². The molecule has 1 rings (SSSR count). The molecule has 0 saturated carbocycles. The van der Waals surface area contributed by atoms with Crippen LogP contribution >= 0.6 is 27.5 Å². The van der Waals surface area contributed by atoms with Crippen molar-refractivity contribution in [3.8, 4) is 0 Å². The van der Waals surface area contributed by atoms with Crippen LogP contribution in [0.3, 0.4) is 0 Å². The molecular weight excluding hydrogens is 291 g/mol. The third-order valence-electron chi connectivity index (χ3n) is 2.22. The zero-order chi connectivity index (χ0) is 12.1. The summed E-state index contributed by atoms with van der Waals surface area (Å²) in [4.78, 5) is 11.7. The smallest absolute Gasteiger partial charge is 0.165 e. The van der Waals surface area contributed by atoms with Gasteiger partial charge < -0.3 is 4.74 Å². The predicted octanol–water partition coefficient (Wildman–Crippen LogP) is 4.16. The number of halogens is 2. The Bertz CT molecular complexity index is 379. The second-order valence-corrected chi connectivity index (χ2v) is 4.59. The zero-order valence-electron chi connectivity index (χ0n) is 9.30. The highest BCUT2D eigenvalue weighted by Crippen LogP contribution is 2.28. The number of ether oxygens (including phenoxy) is 1. The van der Waals surface area contributed by atoms with Gasteiger partial charge in [0, 0.05) is 17.5 Å². The van der Waals surface area contributed by atoms with Crippen LogP contribution in [0.5, 0.6) is 0 Å². The molecule has 1 unspecified atom stereocenters. The van der Waals surface area contributed by atoms with Crippen molar-refractivity contribution in [1.29, 1.82) is 0 Å². The summed E-state index contributed by atoms with van der Waals surface area (Å²) < 4.78 is 6.24. The van der Waals surface area contributed by atoms with Gasteiger partial charge in [-0.2, -0.15) is 0 Å². The summed E-state index contributed by atoms with van der Waals surface area (Å²) in [7, 11) is 0. The first-order valence-corrected chi connectivity index (χ1v) is 6.36. The maximum absolute atomic E-state index is 11.7. The fourth-order valence-corrected chi connectivity index (χ4v) is 1.92. The predicted molar refractivity (Wildman–Crippen MR) is 68.8 cm³/mol. The third-order valence-corrected chi connectivity index (χ3v) is 3.43. The number of carbonyl (C=O) groups excluding carboxylic acids is 1. The SMILES string of the molecule is CCOC(C(=O)CC)c1ccc(Cl)c(Br)c1. The quantitative estimate of drug-likeness (QED) is 0.816. The van der Waals surface area contributed by atoms with Crippen molar-refractivity contribution in [2.75, 3.05) is 6.61 Å². The first-order chi connectivity index (χ1) is 7.60. The van der Waals surface area contributed by atoms with Crippen molar-refractivity contribution in [2.24, 2.45) is 0 Å². The van der Waals surface area contributed by atoms with E-state index in [4.69, 9.17) is 16.3 Å². The number of rotatable bonds is 5. The van der Waals surface area contributed by atoms with Gasteiger partial charge in [-0.05, 0) is 40.5 Å². The van der Waals surface area contributed by atoms with Gasteiger partial charge in [0.25, 0.3) is 0 Å². The summed E-state index contributed by atoms with van der Waals surface area (Å²) >= 11 is 9.24. The van der Waals surface area contributed by atoms with Crippen LogP contribution in [-0.4, -0.2) is 12.4 Å². The number of carbonyl (C=O) groups is 1. The van der Waals surface area contributed by atoms with Crippen molar-refractivity contribution in [3.63, 3.8) is 0 Å². The Morgan fingerprint density at radius 1 is 1.50 bits per heavy atom. The standard InChI is InChI=1S/C12H14BrClO2/c1-3-11(15)12(16-4-2)8-5-6-10(14)9(13)7-8/h5-7,12H,3-4H2,1-2H3. The van der Waals surface area contributed by atoms with Crippen molar-refractivity contribution in [2.45, 2.75) is 26.4 Å². The Morgan fingerprint density at radius 2 is 2.19 bits per heavy atom. The van der Waals surface area contributed by atoms with E-state index >= 15 is 0 Å². The molecule has 0 N–H and O–H groups in total. The van der Waals surface area contributed by atoms with Gasteiger partial charge in [0.05, 0.1) is 5.02 Å². The lowest BCUT2D eigenvalue weighted by Crippen LogP contribution is -2.15. The monoisotopic (exact) mass is 304 g/mol. The molecule has 0 aromatic heterocycles. The van der Waals surface area contributed by atoms with Crippen molar-refractivity contribution < 1.29 is 9.53 Å². The fraction of sp³-hybridized carbons (Fsp3) is 0.417. The Balaban J connectivity index is 3.01. The van der Waals surface area contributed by atoms with Crippen LogP contribution in [0.15, 0.2) is 22.7 Å². The Hall–Kier alpha value is -0.380. The number of Topliss-reactive ketones (excluding diaryl/α,β-unsaturated/α-hetero) is 1. The number of hydrogen-bond donors (Lipinski definition) is 0. The van der Waals surface area contributed by atoms with Crippen LogP contribution in [0.25, 0.3) is 0 Å². The minimum absolute atomic E-state index is 0.0797. The van der Waals surface area contributed by atoms with E-state index in [-0.39, 0.29) is 5.78 Å². The van der Waals surface area contributed by atoms with Gasteiger partial charge in [-0.25, -0.2) is 0 Å². The minimum atomic E-state index is -0.483. The molecule has 4 heteroatoms. The summed E-state index contributed by atoms with van der Waals surface area (Å²) in [5.74, 6) is 0.0797. The molecule has 0 saturated heterocycles. The van der Waals surface area contributed by atoms with Gasteiger partial charge >= 0.3 is 0 Å². The van der Waals surface area contributed by atoms with E-state index in [1.807, 2.05) is 26.0 Å². The molecule has 0 aliphatic rings. The van der Waals surface area contributed by atoms with Crippen LogP contribution in [0.1, 0.15) is 31.9 Å². The van der Waals surface area contributed by atoms with Gasteiger partial charge in [0.2, 0.25) is 0 Å². The second kappa shape index (κ2) is 6.38. The normalized spacial score (nSPS) is 12.5. The first-order valence-electron chi connectivity index (χ1n) is 5.19. The highest BCUT2D eigenvalue weighted by atomic mass is 79.9. The Kier molecular flexibility index (Phi) is 5.46. The molecule has 2 nitrogen and oxygen atoms in total. The molecule has 0 aliphatic heterocycles. The maximum atomic E-state index is 11.7. The Labute approximate surface area is 109 Å². The van der Waals surface area contributed by atoms with Crippen LogP contribution in [0.2, 0.25) is 5.02 Å².